The van der Waals surface area contributed by atoms with Gasteiger partial charge in [-0.2, -0.15) is 0 Å². The zero-order valence-corrected chi connectivity index (χ0v) is 9.51. The van der Waals surface area contributed by atoms with Gasteiger partial charge in [0, 0.05) is 19.2 Å². The molecule has 0 aromatic heterocycles. The molecule has 1 rings (SSSR count). The quantitative estimate of drug-likeness (QED) is 0.787. The molecule has 0 saturated heterocycles. The lowest BCUT2D eigenvalue weighted by atomic mass is 9.96. The molecule has 0 heterocycles. The number of primary amides is 1. The molecule has 0 aliphatic rings. The van der Waals surface area contributed by atoms with E-state index in [4.69, 9.17) is 5.73 Å². The average molecular weight is 220 g/mol. The molecule has 86 valence electrons. The van der Waals surface area contributed by atoms with Gasteiger partial charge in [0.1, 0.15) is 6.29 Å². The van der Waals surface area contributed by atoms with Gasteiger partial charge < -0.3 is 10.5 Å². The first kappa shape index (κ1) is 12.2. The molecule has 4 nitrogen and oxygen atoms in total. The van der Waals surface area contributed by atoms with Crippen LogP contribution >= 0.6 is 0 Å². The van der Waals surface area contributed by atoms with Gasteiger partial charge in [-0.25, -0.2) is 4.79 Å². The fourth-order valence-corrected chi connectivity index (χ4v) is 1.60. The fourth-order valence-electron chi connectivity index (χ4n) is 1.60. The van der Waals surface area contributed by atoms with E-state index in [1.807, 2.05) is 31.2 Å². The number of nitrogens with zero attached hydrogens (tertiary/aromatic N) is 1. The summed E-state index contributed by atoms with van der Waals surface area (Å²) in [5, 5.41) is 0. The van der Waals surface area contributed by atoms with Crippen LogP contribution in [0.2, 0.25) is 0 Å². The molecule has 0 radical (unpaired) electrons. The predicted molar refractivity (Wildman–Crippen MR) is 63.5 cm³/mol. The number of amides is 2. The summed E-state index contributed by atoms with van der Waals surface area (Å²) in [6, 6.07) is 6.94. The Morgan fingerprint density at radius 3 is 2.69 bits per heavy atom. The molecule has 0 aliphatic carbocycles. The molecule has 4 heteroatoms. The zero-order valence-electron chi connectivity index (χ0n) is 9.51. The molecule has 16 heavy (non-hydrogen) atoms. The molecule has 0 spiro atoms. The summed E-state index contributed by atoms with van der Waals surface area (Å²) in [4.78, 5) is 23.0. The van der Waals surface area contributed by atoms with E-state index in [1.165, 1.54) is 4.90 Å². The highest BCUT2D eigenvalue weighted by Crippen LogP contribution is 2.28. The zero-order chi connectivity index (χ0) is 12.1. The number of carbonyl (C=O) groups is 2. The summed E-state index contributed by atoms with van der Waals surface area (Å²) in [6.45, 7) is 1.95. The maximum absolute atomic E-state index is 11.1. The second-order valence-corrected chi connectivity index (χ2v) is 3.76. The van der Waals surface area contributed by atoms with Crippen LogP contribution in [-0.2, 0) is 4.79 Å². The topological polar surface area (TPSA) is 63.4 Å². The summed E-state index contributed by atoms with van der Waals surface area (Å²) in [5.74, 6) is 0.0792. The Kier molecular flexibility index (Phi) is 4.05. The van der Waals surface area contributed by atoms with Crippen molar-refractivity contribution in [3.8, 4) is 0 Å². The molecule has 2 amide bonds. The lowest BCUT2D eigenvalue weighted by Gasteiger charge is -2.21. The summed E-state index contributed by atoms with van der Waals surface area (Å²) >= 11 is 0. The predicted octanol–water partition coefficient (Wildman–Crippen LogP) is 1.89. The maximum atomic E-state index is 11.1. The number of anilines is 1. The van der Waals surface area contributed by atoms with E-state index >= 15 is 0 Å². The highest BCUT2D eigenvalue weighted by Gasteiger charge is 2.15. The third-order valence-electron chi connectivity index (χ3n) is 2.61. The van der Waals surface area contributed by atoms with Crippen molar-refractivity contribution in [2.24, 2.45) is 5.73 Å². The van der Waals surface area contributed by atoms with Gasteiger partial charge in [0.05, 0.1) is 0 Å². The Bertz CT molecular complexity index is 390. The van der Waals surface area contributed by atoms with Gasteiger partial charge in [-0.3, -0.25) is 4.90 Å². The van der Waals surface area contributed by atoms with Gasteiger partial charge in [0.15, 0.2) is 0 Å². The Balaban J connectivity index is 3.09. The first-order valence-electron chi connectivity index (χ1n) is 5.13. The van der Waals surface area contributed by atoms with Crippen molar-refractivity contribution in [2.75, 3.05) is 11.9 Å². The van der Waals surface area contributed by atoms with E-state index in [9.17, 15) is 9.59 Å². The van der Waals surface area contributed by atoms with Gasteiger partial charge in [-0.1, -0.05) is 25.1 Å². The Hall–Kier alpha value is -1.84. The molecule has 2 N–H and O–H groups in total. The van der Waals surface area contributed by atoms with Gasteiger partial charge in [-0.15, -0.1) is 0 Å². The van der Waals surface area contributed by atoms with Gasteiger partial charge >= 0.3 is 6.03 Å². The van der Waals surface area contributed by atoms with E-state index in [0.29, 0.717) is 6.42 Å². The van der Waals surface area contributed by atoms with Crippen LogP contribution in [-0.4, -0.2) is 19.4 Å². The molecule has 0 bridgehead atoms. The van der Waals surface area contributed by atoms with Crippen LogP contribution in [0.5, 0.6) is 0 Å². The number of benzene rings is 1. The minimum Gasteiger partial charge on any atom is -0.351 e. The minimum absolute atomic E-state index is 0.0792. The van der Waals surface area contributed by atoms with Crippen LogP contribution in [0.25, 0.3) is 0 Å². The molecule has 0 saturated carbocycles. The number of urea groups is 1. The van der Waals surface area contributed by atoms with Crippen LogP contribution < -0.4 is 10.6 Å². The van der Waals surface area contributed by atoms with Crippen molar-refractivity contribution >= 4 is 18.0 Å². The van der Waals surface area contributed by atoms with E-state index in [0.717, 1.165) is 17.5 Å². The second-order valence-electron chi connectivity index (χ2n) is 3.76. The smallest absolute Gasteiger partial charge is 0.319 e. The number of aldehydes is 1. The molecular formula is C12H16N2O2. The third-order valence-corrected chi connectivity index (χ3v) is 2.61. The number of hydrogen-bond donors (Lipinski definition) is 1. The number of nitrogens with two attached hydrogens (primary N) is 1. The van der Waals surface area contributed by atoms with Crippen molar-refractivity contribution < 1.29 is 9.59 Å². The first-order valence-corrected chi connectivity index (χ1v) is 5.13. The summed E-state index contributed by atoms with van der Waals surface area (Å²) < 4.78 is 0. The molecule has 0 fully saturated rings. The van der Waals surface area contributed by atoms with E-state index in [2.05, 4.69) is 0 Å². The van der Waals surface area contributed by atoms with Gasteiger partial charge in [-0.05, 0) is 17.5 Å². The molecule has 1 unspecified atom stereocenters. The lowest BCUT2D eigenvalue weighted by molar-refractivity contribution is -0.108. The van der Waals surface area contributed by atoms with Crippen molar-refractivity contribution in [3.05, 3.63) is 29.8 Å². The molecular weight excluding hydrogens is 204 g/mol. The van der Waals surface area contributed by atoms with Crippen LogP contribution in [0.15, 0.2) is 24.3 Å². The monoisotopic (exact) mass is 220 g/mol. The minimum atomic E-state index is -0.509. The Morgan fingerprint density at radius 1 is 1.50 bits per heavy atom. The van der Waals surface area contributed by atoms with Crippen LogP contribution in [0, 0.1) is 0 Å². The van der Waals surface area contributed by atoms with Gasteiger partial charge in [0.2, 0.25) is 0 Å². The Morgan fingerprint density at radius 2 is 2.12 bits per heavy atom. The largest absolute Gasteiger partial charge is 0.351 e. The number of para-hydroxylation sites is 1. The molecule has 1 aromatic carbocycles. The number of rotatable bonds is 4. The summed E-state index contributed by atoms with van der Waals surface area (Å²) in [5.41, 5.74) is 6.94. The molecule has 1 aromatic rings. The molecule has 1 atom stereocenters. The normalized spacial score (nSPS) is 11.9. The second kappa shape index (κ2) is 5.30. The highest BCUT2D eigenvalue weighted by molar-refractivity contribution is 5.91. The number of hydrogen-bond acceptors (Lipinski definition) is 2. The van der Waals surface area contributed by atoms with Crippen LogP contribution in [0.1, 0.15) is 24.8 Å². The first-order chi connectivity index (χ1) is 7.57. The van der Waals surface area contributed by atoms with Crippen molar-refractivity contribution in [1.29, 1.82) is 0 Å². The number of carbonyl (C=O) groups excluding carboxylic acids is 2. The lowest BCUT2D eigenvalue weighted by Crippen LogP contribution is -2.32. The maximum Gasteiger partial charge on any atom is 0.319 e. The summed E-state index contributed by atoms with van der Waals surface area (Å²) in [6.07, 6.45) is 1.31. The third kappa shape index (κ3) is 2.59. The molecule has 0 aliphatic heterocycles. The highest BCUT2D eigenvalue weighted by atomic mass is 16.2. The van der Waals surface area contributed by atoms with Crippen molar-refractivity contribution in [1.82, 2.24) is 0 Å². The standard InChI is InChI=1S/C12H16N2O2/c1-9(7-8-15)10-5-3-4-6-11(10)14(2)12(13)16/h3-6,8-9H,7H2,1-2H3,(H2,13,16). The van der Waals surface area contributed by atoms with Crippen LogP contribution in [0.3, 0.4) is 0 Å². The van der Waals surface area contributed by atoms with Crippen molar-refractivity contribution in [2.45, 2.75) is 19.3 Å². The fraction of sp³-hybridized carbons (Fsp3) is 0.333. The van der Waals surface area contributed by atoms with Crippen LogP contribution in [0.4, 0.5) is 10.5 Å². The van der Waals surface area contributed by atoms with Gasteiger partial charge in [0.25, 0.3) is 0 Å². The van der Waals surface area contributed by atoms with Crippen molar-refractivity contribution in [3.63, 3.8) is 0 Å². The Labute approximate surface area is 95.0 Å². The SMILES string of the molecule is CC(CC=O)c1ccccc1N(C)C(N)=O. The van der Waals surface area contributed by atoms with E-state index < -0.39 is 6.03 Å². The van der Waals surface area contributed by atoms with E-state index in [-0.39, 0.29) is 5.92 Å². The summed E-state index contributed by atoms with van der Waals surface area (Å²) in [7, 11) is 1.62. The average Bonchev–Trinajstić information content (AvgIpc) is 2.28. The van der Waals surface area contributed by atoms with E-state index in [1.54, 1.807) is 7.05 Å².